The van der Waals surface area contributed by atoms with E-state index in [0.717, 1.165) is 24.0 Å². The van der Waals surface area contributed by atoms with Crippen LogP contribution in [0.4, 0.5) is 5.69 Å². The van der Waals surface area contributed by atoms with Crippen molar-refractivity contribution in [3.8, 4) is 0 Å². The summed E-state index contributed by atoms with van der Waals surface area (Å²) in [7, 11) is 0. The molecule has 1 saturated heterocycles. The third kappa shape index (κ3) is 3.30. The molecule has 0 N–H and O–H groups in total. The smallest absolute Gasteiger partial charge is 0.338 e. The van der Waals surface area contributed by atoms with Crippen LogP contribution in [0.3, 0.4) is 0 Å². The van der Waals surface area contributed by atoms with Crippen LogP contribution in [-0.4, -0.2) is 23.5 Å². The number of hydrogen-bond donors (Lipinski definition) is 0. The number of carbonyl (C=O) groups is 2. The summed E-state index contributed by atoms with van der Waals surface area (Å²) in [5.41, 5.74) is 1.74. The number of nitrogens with zero attached hydrogens (tertiary/aromatic N) is 1. The molecule has 2 aliphatic rings. The molecule has 1 aromatic carbocycles. The Bertz CT molecular complexity index is 991. The second kappa shape index (κ2) is 7.20. The van der Waals surface area contributed by atoms with Crippen LogP contribution in [0.15, 0.2) is 58.4 Å². The molecule has 1 aliphatic heterocycles. The van der Waals surface area contributed by atoms with Gasteiger partial charge in [-0.1, -0.05) is 6.92 Å². The van der Waals surface area contributed by atoms with Crippen LogP contribution >= 0.6 is 0 Å². The van der Waals surface area contributed by atoms with Crippen molar-refractivity contribution >= 4 is 17.6 Å². The molecule has 29 heavy (non-hydrogen) atoms. The number of carbonyl (C=O) groups excluding carboxylic acids is 2. The Hall–Kier alpha value is -3.42. The van der Waals surface area contributed by atoms with Crippen LogP contribution in [0.5, 0.6) is 0 Å². The highest BCUT2D eigenvalue weighted by molar-refractivity contribution is 5.94. The average molecular weight is 397 g/mol. The van der Waals surface area contributed by atoms with Gasteiger partial charge < -0.3 is 13.9 Å². The van der Waals surface area contributed by atoms with Crippen LogP contribution in [0, 0.1) is 15.5 Å². The predicted molar refractivity (Wildman–Crippen MR) is 99.9 cm³/mol. The van der Waals surface area contributed by atoms with Gasteiger partial charge in [-0.05, 0) is 43.0 Å². The second-order valence-corrected chi connectivity index (χ2v) is 7.47. The van der Waals surface area contributed by atoms with Gasteiger partial charge in [-0.15, -0.1) is 0 Å². The molecule has 0 bridgehead atoms. The van der Waals surface area contributed by atoms with Crippen molar-refractivity contribution in [1.29, 1.82) is 0 Å². The van der Waals surface area contributed by atoms with E-state index in [-0.39, 0.29) is 23.8 Å². The van der Waals surface area contributed by atoms with Crippen LogP contribution in [-0.2, 0) is 14.3 Å². The zero-order valence-electron chi connectivity index (χ0n) is 15.8. The molecule has 0 radical (unpaired) electrons. The summed E-state index contributed by atoms with van der Waals surface area (Å²) in [6.07, 6.45) is 4.97. The van der Waals surface area contributed by atoms with Crippen molar-refractivity contribution in [2.75, 3.05) is 6.61 Å². The quantitative estimate of drug-likeness (QED) is 0.424. The van der Waals surface area contributed by atoms with E-state index in [1.165, 1.54) is 24.3 Å². The number of fused-ring (bicyclic) bond motifs is 1. The fraction of sp³-hybridized carbons (Fsp3) is 0.333. The van der Waals surface area contributed by atoms with E-state index in [9.17, 15) is 19.7 Å². The van der Waals surface area contributed by atoms with Crippen molar-refractivity contribution in [2.45, 2.75) is 32.3 Å². The molecule has 150 valence electrons. The average Bonchev–Trinajstić information content (AvgIpc) is 3.32. The molecule has 1 aromatic heterocycles. The first-order valence-corrected chi connectivity index (χ1v) is 9.27. The van der Waals surface area contributed by atoms with Gasteiger partial charge in [0.05, 0.1) is 23.0 Å². The minimum Gasteiger partial charge on any atom is -0.472 e. The maximum absolute atomic E-state index is 12.6. The maximum atomic E-state index is 12.6. The zero-order valence-corrected chi connectivity index (χ0v) is 15.8. The monoisotopic (exact) mass is 397 g/mol. The Balaban J connectivity index is 1.53. The second-order valence-electron chi connectivity index (χ2n) is 7.47. The standard InChI is InChI=1S/C21H19NO7/c1-21-9-2-3-14(17(21)20(24)29-18(21)15-8-10-27-11-15)12-28-19(23)13-4-6-16(7-5-13)22(25)26/h4-8,10-11,18H,2-3,9,12H2,1H3/t18-,21+/m0/s1. The summed E-state index contributed by atoms with van der Waals surface area (Å²) >= 11 is 0. The number of furan rings is 1. The minimum absolute atomic E-state index is 0.0199. The van der Waals surface area contributed by atoms with Gasteiger partial charge in [0.1, 0.15) is 12.7 Å². The van der Waals surface area contributed by atoms with Gasteiger partial charge in [0.25, 0.3) is 5.69 Å². The topological polar surface area (TPSA) is 109 Å². The van der Waals surface area contributed by atoms with Crippen LogP contribution < -0.4 is 0 Å². The Morgan fingerprint density at radius 1 is 1.31 bits per heavy atom. The summed E-state index contributed by atoms with van der Waals surface area (Å²) in [5, 5.41) is 10.7. The van der Waals surface area contributed by atoms with Crippen molar-refractivity contribution < 1.29 is 28.4 Å². The summed E-state index contributed by atoms with van der Waals surface area (Å²) in [6.45, 7) is 1.97. The van der Waals surface area contributed by atoms with Crippen LogP contribution in [0.25, 0.3) is 0 Å². The van der Waals surface area contributed by atoms with E-state index in [1.807, 2.05) is 6.92 Å². The lowest BCUT2D eigenvalue weighted by Gasteiger charge is -2.33. The van der Waals surface area contributed by atoms with E-state index in [0.29, 0.717) is 12.0 Å². The van der Waals surface area contributed by atoms with Crippen LogP contribution in [0.1, 0.15) is 48.2 Å². The van der Waals surface area contributed by atoms with E-state index in [4.69, 9.17) is 13.9 Å². The molecule has 4 rings (SSSR count). The lowest BCUT2D eigenvalue weighted by atomic mass is 9.68. The van der Waals surface area contributed by atoms with Crippen molar-refractivity contribution in [3.63, 3.8) is 0 Å². The van der Waals surface area contributed by atoms with Gasteiger partial charge in [0.2, 0.25) is 0 Å². The first-order valence-electron chi connectivity index (χ1n) is 9.27. The van der Waals surface area contributed by atoms with E-state index < -0.39 is 22.4 Å². The number of non-ortho nitro benzene ring substituents is 1. The fourth-order valence-corrected chi connectivity index (χ4v) is 4.22. The van der Waals surface area contributed by atoms with E-state index >= 15 is 0 Å². The molecule has 0 amide bonds. The Morgan fingerprint density at radius 2 is 2.07 bits per heavy atom. The summed E-state index contributed by atoms with van der Waals surface area (Å²) in [4.78, 5) is 35.2. The lowest BCUT2D eigenvalue weighted by molar-refractivity contribution is -0.384. The highest BCUT2D eigenvalue weighted by Crippen LogP contribution is 2.55. The number of cyclic esters (lactones) is 1. The number of nitro groups is 1. The molecular formula is C21H19NO7. The van der Waals surface area contributed by atoms with Crippen molar-refractivity contribution in [1.82, 2.24) is 0 Å². The highest BCUT2D eigenvalue weighted by Gasteiger charge is 2.53. The third-order valence-corrected chi connectivity index (χ3v) is 5.64. The van der Waals surface area contributed by atoms with Gasteiger partial charge in [0, 0.05) is 28.7 Å². The van der Waals surface area contributed by atoms with Crippen molar-refractivity contribution in [2.24, 2.45) is 5.41 Å². The summed E-state index contributed by atoms with van der Waals surface area (Å²) in [5.74, 6) is -0.988. The van der Waals surface area contributed by atoms with Crippen molar-refractivity contribution in [3.05, 3.63) is 75.2 Å². The van der Waals surface area contributed by atoms with E-state index in [2.05, 4.69) is 0 Å². The van der Waals surface area contributed by atoms with Gasteiger partial charge in [-0.25, -0.2) is 9.59 Å². The molecule has 0 unspecified atom stereocenters. The number of benzene rings is 1. The molecule has 8 nitrogen and oxygen atoms in total. The van der Waals surface area contributed by atoms with Gasteiger partial charge >= 0.3 is 11.9 Å². The summed E-state index contributed by atoms with van der Waals surface area (Å²) in [6, 6.07) is 6.99. The van der Waals surface area contributed by atoms with Crippen LogP contribution in [0.2, 0.25) is 0 Å². The minimum atomic E-state index is -0.599. The molecule has 1 aliphatic carbocycles. The first-order chi connectivity index (χ1) is 13.9. The predicted octanol–water partition coefficient (Wildman–Crippen LogP) is 4.13. The molecule has 0 saturated carbocycles. The molecule has 1 fully saturated rings. The number of nitro benzene ring substituents is 1. The number of rotatable bonds is 5. The fourth-order valence-electron chi connectivity index (χ4n) is 4.22. The van der Waals surface area contributed by atoms with E-state index in [1.54, 1.807) is 18.6 Å². The molecule has 8 heteroatoms. The molecule has 2 atom stereocenters. The van der Waals surface area contributed by atoms with Gasteiger partial charge in [-0.3, -0.25) is 10.1 Å². The number of hydrogen-bond acceptors (Lipinski definition) is 7. The normalized spacial score (nSPS) is 23.5. The molecule has 2 aromatic rings. The number of esters is 2. The largest absolute Gasteiger partial charge is 0.472 e. The van der Waals surface area contributed by atoms with Gasteiger partial charge in [0.15, 0.2) is 0 Å². The maximum Gasteiger partial charge on any atom is 0.338 e. The Labute approximate surface area is 166 Å². The lowest BCUT2D eigenvalue weighted by Crippen LogP contribution is -2.28. The Kier molecular flexibility index (Phi) is 4.70. The molecule has 0 spiro atoms. The molecule has 2 heterocycles. The number of ether oxygens (including phenoxy) is 2. The highest BCUT2D eigenvalue weighted by atomic mass is 16.6. The first kappa shape index (κ1) is 18.9. The summed E-state index contributed by atoms with van der Waals surface area (Å²) < 4.78 is 16.2. The third-order valence-electron chi connectivity index (χ3n) is 5.64. The Morgan fingerprint density at radius 3 is 2.72 bits per heavy atom. The SMILES string of the molecule is C[C@@]12CCCC(COC(=O)c3ccc([N+](=O)[O-])cc3)=C1C(=O)O[C@H]2c1ccoc1. The molecular weight excluding hydrogens is 378 g/mol. The zero-order chi connectivity index (χ0) is 20.6. The van der Waals surface area contributed by atoms with Gasteiger partial charge in [-0.2, -0.15) is 0 Å².